The van der Waals surface area contributed by atoms with E-state index < -0.39 is 26.9 Å². The van der Waals surface area contributed by atoms with Crippen molar-refractivity contribution in [3.05, 3.63) is 57.8 Å². The lowest BCUT2D eigenvalue weighted by atomic mass is 10.1. The summed E-state index contributed by atoms with van der Waals surface area (Å²) in [4.78, 5) is 28.4. The van der Waals surface area contributed by atoms with Crippen molar-refractivity contribution in [2.45, 2.75) is 5.16 Å². The Morgan fingerprint density at radius 1 is 1.23 bits per heavy atom. The van der Waals surface area contributed by atoms with E-state index in [4.69, 9.17) is 4.74 Å². The van der Waals surface area contributed by atoms with Crippen LogP contribution in [0.15, 0.2) is 52.5 Å². The van der Waals surface area contributed by atoms with Crippen molar-refractivity contribution in [1.82, 2.24) is 9.36 Å². The van der Waals surface area contributed by atoms with Crippen LogP contribution in [0.4, 0.5) is 5.13 Å². The minimum absolute atomic E-state index is 0.0441. The van der Waals surface area contributed by atoms with Crippen LogP contribution in [0.1, 0.15) is 15.2 Å². The third-order valence-electron chi connectivity index (χ3n) is 3.45. The second-order valence-corrected chi connectivity index (χ2v) is 9.32. The standard InChI is InChI=1S/C18H12N4O5S3/c1-30(25,26)18-21-17(29-22-18)20-15(23)12(10-19)9-11-4-6-13(7-5-11)27-16(24)14-3-2-8-28-14/h2-9H,1H3,(H,20,21,22,23)/b12-9-. The van der Waals surface area contributed by atoms with E-state index in [9.17, 15) is 23.3 Å². The zero-order valence-electron chi connectivity index (χ0n) is 15.2. The largest absolute Gasteiger partial charge is 0.422 e. The number of ether oxygens (including phenoxy) is 1. The monoisotopic (exact) mass is 460 g/mol. The number of rotatable bonds is 6. The summed E-state index contributed by atoms with van der Waals surface area (Å²) in [6.07, 6.45) is 2.28. The first-order valence-corrected chi connectivity index (χ1v) is 11.6. The minimum atomic E-state index is -3.60. The Balaban J connectivity index is 1.69. The van der Waals surface area contributed by atoms with Gasteiger partial charge in [0.05, 0.1) is 0 Å². The molecule has 0 aliphatic heterocycles. The van der Waals surface area contributed by atoms with E-state index in [1.165, 1.54) is 29.5 Å². The molecule has 152 valence electrons. The van der Waals surface area contributed by atoms with Gasteiger partial charge in [0.25, 0.3) is 11.1 Å². The molecule has 0 atom stereocenters. The number of esters is 1. The van der Waals surface area contributed by atoms with Crippen molar-refractivity contribution in [3.63, 3.8) is 0 Å². The first-order valence-electron chi connectivity index (χ1n) is 8.09. The highest BCUT2D eigenvalue weighted by Gasteiger charge is 2.17. The molecule has 3 rings (SSSR count). The fourth-order valence-corrected chi connectivity index (χ4v) is 4.11. The predicted octanol–water partition coefficient (Wildman–Crippen LogP) is 2.77. The highest BCUT2D eigenvalue weighted by Crippen LogP contribution is 2.19. The van der Waals surface area contributed by atoms with Crippen molar-refractivity contribution in [2.24, 2.45) is 0 Å². The van der Waals surface area contributed by atoms with Crippen LogP contribution in [-0.4, -0.2) is 35.9 Å². The summed E-state index contributed by atoms with van der Waals surface area (Å²) in [7, 11) is -3.60. The number of thiophene rings is 1. The molecule has 2 heterocycles. The summed E-state index contributed by atoms with van der Waals surface area (Å²) >= 11 is 1.95. The number of nitrogens with one attached hydrogen (secondary N) is 1. The Labute approximate surface area is 179 Å². The molecule has 0 unspecified atom stereocenters. The number of hydrogen-bond donors (Lipinski definition) is 1. The second kappa shape index (κ2) is 8.95. The Kier molecular flexibility index (Phi) is 6.36. The van der Waals surface area contributed by atoms with Crippen molar-refractivity contribution >= 4 is 55.8 Å². The Morgan fingerprint density at radius 2 is 1.97 bits per heavy atom. The first kappa shape index (κ1) is 21.3. The summed E-state index contributed by atoms with van der Waals surface area (Å²) in [5.74, 6) is -0.923. The van der Waals surface area contributed by atoms with Gasteiger partial charge in [-0.1, -0.05) is 18.2 Å². The first-order chi connectivity index (χ1) is 14.3. The third-order valence-corrected chi connectivity index (χ3v) is 5.89. The lowest BCUT2D eigenvalue weighted by Crippen LogP contribution is -2.13. The molecule has 0 saturated carbocycles. The lowest BCUT2D eigenvalue weighted by Gasteiger charge is -2.03. The molecule has 1 amide bonds. The van der Waals surface area contributed by atoms with Gasteiger partial charge in [-0.3, -0.25) is 10.1 Å². The zero-order valence-corrected chi connectivity index (χ0v) is 17.7. The molecule has 1 N–H and O–H groups in total. The van der Waals surface area contributed by atoms with Crippen molar-refractivity contribution in [1.29, 1.82) is 5.26 Å². The van der Waals surface area contributed by atoms with Crippen LogP contribution >= 0.6 is 22.9 Å². The fourth-order valence-electron chi connectivity index (χ4n) is 2.08. The van der Waals surface area contributed by atoms with Crippen LogP contribution < -0.4 is 10.1 Å². The number of amides is 1. The van der Waals surface area contributed by atoms with E-state index in [0.29, 0.717) is 27.7 Å². The number of hydrogen-bond acceptors (Lipinski definition) is 10. The smallest absolute Gasteiger partial charge is 0.353 e. The van der Waals surface area contributed by atoms with Crippen molar-refractivity contribution < 1.29 is 22.7 Å². The van der Waals surface area contributed by atoms with Gasteiger partial charge in [-0.15, -0.1) is 11.3 Å². The molecule has 0 bridgehead atoms. The number of carbonyl (C=O) groups is 2. The summed E-state index contributed by atoms with van der Waals surface area (Å²) in [5, 5.41) is 12.9. The van der Waals surface area contributed by atoms with Gasteiger partial charge in [0.15, 0.2) is 0 Å². The van der Waals surface area contributed by atoms with Crippen LogP contribution in [0.5, 0.6) is 5.75 Å². The van der Waals surface area contributed by atoms with E-state index in [0.717, 1.165) is 6.26 Å². The summed E-state index contributed by atoms with van der Waals surface area (Å²) < 4.78 is 31.7. The van der Waals surface area contributed by atoms with Crippen molar-refractivity contribution in [2.75, 3.05) is 11.6 Å². The molecular formula is C18H12N4O5S3. The van der Waals surface area contributed by atoms with Gasteiger partial charge >= 0.3 is 5.97 Å². The lowest BCUT2D eigenvalue weighted by molar-refractivity contribution is -0.112. The summed E-state index contributed by atoms with van der Waals surface area (Å²) in [5.41, 5.74) is 0.293. The average molecular weight is 461 g/mol. The molecule has 0 radical (unpaired) electrons. The highest BCUT2D eigenvalue weighted by molar-refractivity contribution is 7.90. The number of carbonyl (C=O) groups excluding carboxylic acids is 2. The average Bonchev–Trinajstić information content (AvgIpc) is 3.39. The van der Waals surface area contributed by atoms with Crippen LogP contribution in [0.3, 0.4) is 0 Å². The molecule has 0 fully saturated rings. The molecule has 3 aromatic rings. The maximum absolute atomic E-state index is 12.3. The summed E-state index contributed by atoms with van der Waals surface area (Å²) in [6, 6.07) is 11.4. The molecule has 30 heavy (non-hydrogen) atoms. The van der Waals surface area contributed by atoms with Gasteiger partial charge in [0.2, 0.25) is 15.0 Å². The van der Waals surface area contributed by atoms with Crippen LogP contribution in [0.25, 0.3) is 6.08 Å². The van der Waals surface area contributed by atoms with Gasteiger partial charge in [0.1, 0.15) is 22.3 Å². The Hall–Kier alpha value is -3.40. The molecule has 0 spiro atoms. The van der Waals surface area contributed by atoms with E-state index in [-0.39, 0.29) is 10.7 Å². The molecule has 0 saturated heterocycles. The third kappa shape index (κ3) is 5.35. The maximum Gasteiger partial charge on any atom is 0.353 e. The number of sulfone groups is 1. The molecule has 0 aliphatic carbocycles. The van der Waals surface area contributed by atoms with Gasteiger partial charge < -0.3 is 4.74 Å². The normalized spacial score (nSPS) is 11.5. The molecular weight excluding hydrogens is 448 g/mol. The fraction of sp³-hybridized carbons (Fsp3) is 0.0556. The number of nitriles is 1. The van der Waals surface area contributed by atoms with E-state index in [2.05, 4.69) is 14.7 Å². The van der Waals surface area contributed by atoms with Gasteiger partial charge in [-0.2, -0.15) is 14.6 Å². The molecule has 12 heteroatoms. The number of benzene rings is 1. The minimum Gasteiger partial charge on any atom is -0.422 e. The molecule has 9 nitrogen and oxygen atoms in total. The van der Waals surface area contributed by atoms with E-state index in [1.54, 1.807) is 35.7 Å². The highest BCUT2D eigenvalue weighted by atomic mass is 32.2. The zero-order chi connectivity index (χ0) is 21.7. The predicted molar refractivity (Wildman–Crippen MR) is 111 cm³/mol. The quantitative estimate of drug-likeness (QED) is 0.256. The molecule has 2 aromatic heterocycles. The Morgan fingerprint density at radius 3 is 2.53 bits per heavy atom. The summed E-state index contributed by atoms with van der Waals surface area (Å²) in [6.45, 7) is 0. The van der Waals surface area contributed by atoms with Crippen LogP contribution in [0, 0.1) is 11.3 Å². The van der Waals surface area contributed by atoms with Gasteiger partial charge in [-0.25, -0.2) is 13.2 Å². The molecule has 0 aliphatic rings. The van der Waals surface area contributed by atoms with Crippen LogP contribution in [0.2, 0.25) is 0 Å². The maximum atomic E-state index is 12.3. The molecule has 1 aromatic carbocycles. The second-order valence-electron chi connectivity index (χ2n) is 5.71. The van der Waals surface area contributed by atoms with Gasteiger partial charge in [-0.05, 0) is 35.2 Å². The number of aromatic nitrogens is 2. The van der Waals surface area contributed by atoms with Crippen LogP contribution in [-0.2, 0) is 14.6 Å². The van der Waals surface area contributed by atoms with E-state index >= 15 is 0 Å². The van der Waals surface area contributed by atoms with Gasteiger partial charge in [0, 0.05) is 17.8 Å². The number of nitrogens with zero attached hydrogens (tertiary/aromatic N) is 3. The topological polar surface area (TPSA) is 139 Å². The van der Waals surface area contributed by atoms with E-state index in [1.807, 2.05) is 0 Å². The SMILES string of the molecule is CS(=O)(=O)c1nsc(NC(=O)/C(C#N)=C\c2ccc(OC(=O)c3cccs3)cc2)n1. The van der Waals surface area contributed by atoms with Crippen molar-refractivity contribution in [3.8, 4) is 11.8 Å². The Bertz CT molecular complexity index is 1250. The number of anilines is 1.